The molecule has 3 heteroatoms. The van der Waals surface area contributed by atoms with E-state index in [2.05, 4.69) is 18.8 Å². The Hall–Kier alpha value is -2.03. The molecule has 0 atom stereocenters. The predicted octanol–water partition coefficient (Wildman–Crippen LogP) is 3.67. The van der Waals surface area contributed by atoms with Crippen molar-refractivity contribution < 1.29 is 4.74 Å². The van der Waals surface area contributed by atoms with Crippen molar-refractivity contribution in [3.8, 4) is 16.9 Å². The number of pyridine rings is 1. The second-order valence-electron chi connectivity index (χ2n) is 5.18. The van der Waals surface area contributed by atoms with Crippen molar-refractivity contribution in [3.05, 3.63) is 42.2 Å². The molecular weight excluding hydrogens is 236 g/mol. The highest BCUT2D eigenvalue weighted by Gasteiger charge is 2.04. The third-order valence-corrected chi connectivity index (χ3v) is 2.76. The first-order chi connectivity index (χ1) is 9.04. The Labute approximate surface area is 114 Å². The molecule has 1 aromatic heterocycles. The molecule has 0 aliphatic heterocycles. The first kappa shape index (κ1) is 13.4. The van der Waals surface area contributed by atoms with E-state index in [0.717, 1.165) is 22.6 Å². The lowest BCUT2D eigenvalue weighted by molar-refractivity contribution is 0.271. The maximum atomic E-state index is 5.93. The van der Waals surface area contributed by atoms with E-state index in [1.807, 2.05) is 43.5 Å². The lowest BCUT2D eigenvalue weighted by Crippen LogP contribution is -2.04. The molecule has 19 heavy (non-hydrogen) atoms. The number of nitrogens with zero attached hydrogens (tertiary/aromatic N) is 1. The summed E-state index contributed by atoms with van der Waals surface area (Å²) < 4.78 is 5.73. The zero-order valence-electron chi connectivity index (χ0n) is 11.7. The predicted molar refractivity (Wildman–Crippen MR) is 79.2 cm³/mol. The van der Waals surface area contributed by atoms with Crippen LogP contribution in [0.3, 0.4) is 0 Å². The molecule has 0 amide bonds. The summed E-state index contributed by atoms with van der Waals surface area (Å²) in [5.74, 6) is 1.30. The molecule has 0 aliphatic carbocycles. The summed E-state index contributed by atoms with van der Waals surface area (Å²) >= 11 is 0. The Bertz CT molecular complexity index is 547. The summed E-state index contributed by atoms with van der Waals surface area (Å²) in [6.07, 6.45) is 1.86. The van der Waals surface area contributed by atoms with Gasteiger partial charge in [-0.1, -0.05) is 19.9 Å². The van der Waals surface area contributed by atoms with E-state index in [-0.39, 0.29) is 0 Å². The third kappa shape index (κ3) is 3.71. The van der Waals surface area contributed by atoms with E-state index in [0.29, 0.717) is 18.2 Å². The number of anilines is 1. The van der Waals surface area contributed by atoms with Gasteiger partial charge in [-0.15, -0.1) is 0 Å². The molecule has 0 unspecified atom stereocenters. The van der Waals surface area contributed by atoms with Gasteiger partial charge in [-0.25, -0.2) is 0 Å². The van der Waals surface area contributed by atoms with E-state index in [9.17, 15) is 0 Å². The fourth-order valence-electron chi connectivity index (χ4n) is 1.77. The molecule has 0 spiro atoms. The van der Waals surface area contributed by atoms with Crippen LogP contribution in [0.25, 0.3) is 11.1 Å². The topological polar surface area (TPSA) is 48.1 Å². The Morgan fingerprint density at radius 3 is 2.58 bits per heavy atom. The fourth-order valence-corrected chi connectivity index (χ4v) is 1.77. The van der Waals surface area contributed by atoms with E-state index in [4.69, 9.17) is 10.5 Å². The quantitative estimate of drug-likeness (QED) is 0.849. The van der Waals surface area contributed by atoms with Gasteiger partial charge in [0.1, 0.15) is 5.75 Å². The van der Waals surface area contributed by atoms with Crippen LogP contribution in [-0.2, 0) is 0 Å². The smallest absolute Gasteiger partial charge is 0.121 e. The van der Waals surface area contributed by atoms with Crippen molar-refractivity contribution in [3.63, 3.8) is 0 Å². The maximum Gasteiger partial charge on any atom is 0.121 e. The fraction of sp³-hybridized carbons (Fsp3) is 0.312. The number of nitrogens with two attached hydrogens (primary N) is 1. The van der Waals surface area contributed by atoms with Crippen LogP contribution in [0.15, 0.2) is 36.5 Å². The normalized spacial score (nSPS) is 10.7. The lowest BCUT2D eigenvalue weighted by Gasteiger charge is -2.11. The minimum absolute atomic E-state index is 0.492. The third-order valence-electron chi connectivity index (χ3n) is 2.76. The molecule has 1 aromatic carbocycles. The number of hydrogen-bond acceptors (Lipinski definition) is 3. The van der Waals surface area contributed by atoms with Gasteiger partial charge in [0.2, 0.25) is 0 Å². The molecule has 0 radical (unpaired) electrons. The summed E-state index contributed by atoms with van der Waals surface area (Å²) in [7, 11) is 0. The van der Waals surface area contributed by atoms with Crippen LogP contribution in [0.1, 0.15) is 19.5 Å². The van der Waals surface area contributed by atoms with Gasteiger partial charge >= 0.3 is 0 Å². The van der Waals surface area contributed by atoms with Crippen molar-refractivity contribution in [2.24, 2.45) is 5.92 Å². The molecule has 2 N–H and O–H groups in total. The zero-order valence-corrected chi connectivity index (χ0v) is 11.7. The van der Waals surface area contributed by atoms with Gasteiger partial charge in [-0.2, -0.15) is 0 Å². The van der Waals surface area contributed by atoms with Crippen molar-refractivity contribution in [1.82, 2.24) is 4.98 Å². The number of nitrogen functional groups attached to an aromatic ring is 1. The average molecular weight is 256 g/mol. The monoisotopic (exact) mass is 256 g/mol. The van der Waals surface area contributed by atoms with Crippen LogP contribution in [0, 0.1) is 12.8 Å². The number of rotatable bonds is 4. The molecular formula is C16H20N2O. The molecule has 0 saturated heterocycles. The summed E-state index contributed by atoms with van der Waals surface area (Å²) in [6, 6.07) is 9.84. The van der Waals surface area contributed by atoms with Crippen molar-refractivity contribution >= 4 is 5.69 Å². The van der Waals surface area contributed by atoms with Crippen LogP contribution in [0.5, 0.6) is 5.75 Å². The molecule has 3 nitrogen and oxygen atoms in total. The van der Waals surface area contributed by atoms with Crippen LogP contribution < -0.4 is 10.5 Å². The minimum Gasteiger partial charge on any atom is -0.493 e. The Morgan fingerprint density at radius 2 is 1.95 bits per heavy atom. The van der Waals surface area contributed by atoms with Crippen molar-refractivity contribution in [2.45, 2.75) is 20.8 Å². The highest BCUT2D eigenvalue weighted by Crippen LogP contribution is 2.27. The van der Waals surface area contributed by atoms with Gasteiger partial charge in [0, 0.05) is 29.2 Å². The summed E-state index contributed by atoms with van der Waals surface area (Å²) in [4.78, 5) is 4.31. The molecule has 0 aliphatic rings. The lowest BCUT2D eigenvalue weighted by atomic mass is 10.1. The minimum atomic E-state index is 0.492. The standard InChI is InChI=1S/C16H20N2O/c1-11(2)10-19-16-7-14(6-15(17)8-16)13-5-4-12(3)18-9-13/h4-9,11H,10,17H2,1-3H3. The van der Waals surface area contributed by atoms with E-state index in [1.165, 1.54) is 0 Å². The van der Waals surface area contributed by atoms with E-state index >= 15 is 0 Å². The molecule has 0 saturated carbocycles. The number of aryl methyl sites for hydroxylation is 1. The molecule has 2 rings (SSSR count). The summed E-state index contributed by atoms with van der Waals surface area (Å²) in [6.45, 7) is 6.91. The average Bonchev–Trinajstić information content (AvgIpc) is 2.36. The van der Waals surface area contributed by atoms with Crippen molar-refractivity contribution in [1.29, 1.82) is 0 Å². The van der Waals surface area contributed by atoms with Gasteiger partial charge < -0.3 is 10.5 Å². The van der Waals surface area contributed by atoms with E-state index in [1.54, 1.807) is 0 Å². The summed E-state index contributed by atoms with van der Waals surface area (Å²) in [5, 5.41) is 0. The second kappa shape index (κ2) is 5.74. The number of ether oxygens (including phenoxy) is 1. The Morgan fingerprint density at radius 1 is 1.16 bits per heavy atom. The van der Waals surface area contributed by atoms with Gasteiger partial charge in [0.15, 0.2) is 0 Å². The van der Waals surface area contributed by atoms with Gasteiger partial charge in [0.05, 0.1) is 6.61 Å². The van der Waals surface area contributed by atoms with Crippen LogP contribution in [0.4, 0.5) is 5.69 Å². The maximum absolute atomic E-state index is 5.93. The molecule has 2 aromatic rings. The second-order valence-corrected chi connectivity index (χ2v) is 5.18. The first-order valence-corrected chi connectivity index (χ1v) is 6.51. The van der Waals surface area contributed by atoms with Gasteiger partial charge in [0.25, 0.3) is 0 Å². The van der Waals surface area contributed by atoms with Gasteiger partial charge in [-0.3, -0.25) is 4.98 Å². The number of aromatic nitrogens is 1. The van der Waals surface area contributed by atoms with Crippen LogP contribution in [-0.4, -0.2) is 11.6 Å². The first-order valence-electron chi connectivity index (χ1n) is 6.51. The van der Waals surface area contributed by atoms with E-state index < -0.39 is 0 Å². The molecule has 0 fully saturated rings. The van der Waals surface area contributed by atoms with Crippen LogP contribution >= 0.6 is 0 Å². The van der Waals surface area contributed by atoms with Gasteiger partial charge in [-0.05, 0) is 36.6 Å². The molecule has 0 bridgehead atoms. The molecule has 100 valence electrons. The number of benzene rings is 1. The molecule has 1 heterocycles. The highest BCUT2D eigenvalue weighted by molar-refractivity contribution is 5.69. The summed E-state index contributed by atoms with van der Waals surface area (Å²) in [5.41, 5.74) is 9.72. The zero-order chi connectivity index (χ0) is 13.8. The Balaban J connectivity index is 2.28. The SMILES string of the molecule is Cc1ccc(-c2cc(N)cc(OCC(C)C)c2)cn1. The van der Waals surface area contributed by atoms with Crippen molar-refractivity contribution in [2.75, 3.05) is 12.3 Å². The number of hydrogen-bond donors (Lipinski definition) is 1. The largest absolute Gasteiger partial charge is 0.493 e. The van der Waals surface area contributed by atoms with Crippen LogP contribution in [0.2, 0.25) is 0 Å². The highest BCUT2D eigenvalue weighted by atomic mass is 16.5. The Kier molecular flexibility index (Phi) is 4.05.